The van der Waals surface area contributed by atoms with Crippen LogP contribution in [0.2, 0.25) is 5.02 Å². The van der Waals surface area contributed by atoms with Gasteiger partial charge >= 0.3 is 5.69 Å². The highest BCUT2D eigenvalue weighted by Gasteiger charge is 2.24. The molecule has 0 spiro atoms. The van der Waals surface area contributed by atoms with Crippen molar-refractivity contribution in [3.63, 3.8) is 0 Å². The Morgan fingerprint density at radius 3 is 2.18 bits per heavy atom. The summed E-state index contributed by atoms with van der Waals surface area (Å²) >= 11 is 5.99. The van der Waals surface area contributed by atoms with Gasteiger partial charge in [-0.15, -0.1) is 0 Å². The Morgan fingerprint density at radius 2 is 1.58 bits per heavy atom. The largest absolute Gasteiger partial charge is 0.497 e. The lowest BCUT2D eigenvalue weighted by atomic mass is 10.0. The molecule has 0 bridgehead atoms. The maximum absolute atomic E-state index is 13.3. The predicted molar refractivity (Wildman–Crippen MR) is 151 cm³/mol. The van der Waals surface area contributed by atoms with Gasteiger partial charge in [0.25, 0.3) is 0 Å². The Morgan fingerprint density at radius 1 is 0.921 bits per heavy atom. The molecule has 1 fully saturated rings. The monoisotopic (exact) mass is 533 g/mol. The quantitative estimate of drug-likeness (QED) is 0.353. The summed E-state index contributed by atoms with van der Waals surface area (Å²) in [6.07, 6.45) is 4.94. The summed E-state index contributed by atoms with van der Waals surface area (Å²) in [7, 11) is 1.67. The first-order chi connectivity index (χ1) is 18.5. The number of anilines is 2. The number of hydrogen-bond donors (Lipinski definition) is 1. The number of piperazine rings is 1. The summed E-state index contributed by atoms with van der Waals surface area (Å²) < 4.78 is 8.41. The predicted octanol–water partition coefficient (Wildman–Crippen LogP) is 4.71. The fourth-order valence-corrected chi connectivity index (χ4v) is 5.11. The van der Waals surface area contributed by atoms with E-state index in [-0.39, 0.29) is 5.69 Å². The summed E-state index contributed by atoms with van der Waals surface area (Å²) in [6.45, 7) is 5.46. The molecule has 0 saturated carbocycles. The molecule has 3 heterocycles. The highest BCUT2D eigenvalue weighted by atomic mass is 35.5. The minimum absolute atomic E-state index is 0.215. The minimum atomic E-state index is -0.831. The van der Waals surface area contributed by atoms with E-state index in [0.717, 1.165) is 43.3 Å². The lowest BCUT2D eigenvalue weighted by molar-refractivity contribution is 0.108. The minimum Gasteiger partial charge on any atom is -0.497 e. The highest BCUT2D eigenvalue weighted by Crippen LogP contribution is 2.29. The molecule has 2 atom stereocenters. The molecule has 1 saturated heterocycles. The van der Waals surface area contributed by atoms with Gasteiger partial charge < -0.3 is 19.6 Å². The van der Waals surface area contributed by atoms with Crippen LogP contribution in [0.3, 0.4) is 0 Å². The van der Waals surface area contributed by atoms with E-state index >= 15 is 0 Å². The standard InChI is InChI=1S/C29H32ClN5O3/c1-3-26(28(36)21-4-6-22(30)7-5-21)35-19-18-34(29(35)37)24-10-13-27(31-20-24)33-16-14-32(15-17-33)23-8-11-25(38-2)12-9-23/h4-13,18-20,26,28,36H,3,14-17H2,1-2H3/t26?,28-/m1/s1. The van der Waals surface area contributed by atoms with Crippen molar-refractivity contribution in [1.82, 2.24) is 14.1 Å². The molecule has 2 aromatic carbocycles. The van der Waals surface area contributed by atoms with E-state index in [1.807, 2.05) is 31.2 Å². The van der Waals surface area contributed by atoms with Crippen LogP contribution in [0, 0.1) is 0 Å². The second kappa shape index (κ2) is 11.3. The number of aliphatic hydroxyl groups is 1. The van der Waals surface area contributed by atoms with Gasteiger partial charge in [0.15, 0.2) is 0 Å². The molecule has 9 heteroatoms. The third-order valence-corrected chi connectivity index (χ3v) is 7.46. The Balaban J connectivity index is 1.26. The molecule has 1 unspecified atom stereocenters. The summed E-state index contributed by atoms with van der Waals surface area (Å²) in [6, 6.07) is 18.7. The average Bonchev–Trinajstić information content (AvgIpc) is 3.34. The van der Waals surface area contributed by atoms with E-state index in [4.69, 9.17) is 16.3 Å². The molecule has 0 radical (unpaired) electrons. The molecule has 1 aliphatic heterocycles. The Hall–Kier alpha value is -3.75. The first-order valence-electron chi connectivity index (χ1n) is 12.8. The number of hydrogen-bond acceptors (Lipinski definition) is 6. The Kier molecular flexibility index (Phi) is 7.72. The molecule has 198 valence electrons. The van der Waals surface area contributed by atoms with Crippen molar-refractivity contribution in [1.29, 1.82) is 0 Å². The normalized spacial score (nSPS) is 15.4. The zero-order chi connectivity index (χ0) is 26.6. The van der Waals surface area contributed by atoms with Gasteiger partial charge in [-0.05, 0) is 60.5 Å². The van der Waals surface area contributed by atoms with Gasteiger partial charge in [-0.2, -0.15) is 0 Å². The van der Waals surface area contributed by atoms with Crippen LogP contribution in [0.1, 0.15) is 31.1 Å². The highest BCUT2D eigenvalue weighted by molar-refractivity contribution is 6.30. The molecular formula is C29H32ClN5O3. The van der Waals surface area contributed by atoms with Crippen molar-refractivity contribution in [3.05, 3.63) is 100 Å². The van der Waals surface area contributed by atoms with Crippen LogP contribution >= 0.6 is 11.6 Å². The van der Waals surface area contributed by atoms with Crippen LogP contribution in [0.25, 0.3) is 5.69 Å². The molecule has 0 aliphatic carbocycles. The van der Waals surface area contributed by atoms with Gasteiger partial charge in [0, 0.05) is 49.3 Å². The maximum Gasteiger partial charge on any atom is 0.333 e. The summed E-state index contributed by atoms with van der Waals surface area (Å²) in [5, 5.41) is 11.6. The molecular weight excluding hydrogens is 502 g/mol. The second-order valence-electron chi connectivity index (χ2n) is 9.38. The topological polar surface area (TPSA) is 75.8 Å². The molecule has 0 amide bonds. The van der Waals surface area contributed by atoms with Gasteiger partial charge in [0.1, 0.15) is 11.6 Å². The molecule has 5 rings (SSSR count). The zero-order valence-corrected chi connectivity index (χ0v) is 22.3. The number of aliphatic hydroxyl groups excluding tert-OH is 1. The number of benzene rings is 2. The van der Waals surface area contributed by atoms with Crippen molar-refractivity contribution in [2.75, 3.05) is 43.1 Å². The van der Waals surface area contributed by atoms with Crippen molar-refractivity contribution in [2.45, 2.75) is 25.5 Å². The number of imidazole rings is 1. The fraction of sp³-hybridized carbons (Fsp3) is 0.310. The van der Waals surface area contributed by atoms with E-state index < -0.39 is 12.1 Å². The SMILES string of the molecule is CCC([C@H](O)c1ccc(Cl)cc1)n1ccn(-c2ccc(N3CCN(c4ccc(OC)cc4)CC3)nc2)c1=O. The molecule has 2 aromatic heterocycles. The lowest BCUT2D eigenvalue weighted by Gasteiger charge is -2.36. The Bertz CT molecular complexity index is 1390. The number of nitrogens with zero attached hydrogens (tertiary/aromatic N) is 5. The number of ether oxygens (including phenoxy) is 1. The van der Waals surface area contributed by atoms with Crippen molar-refractivity contribution >= 4 is 23.1 Å². The fourth-order valence-electron chi connectivity index (χ4n) is 4.99. The van der Waals surface area contributed by atoms with Gasteiger partial charge in [0.2, 0.25) is 0 Å². The smallest absolute Gasteiger partial charge is 0.333 e. The van der Waals surface area contributed by atoms with Crippen LogP contribution < -0.4 is 20.2 Å². The van der Waals surface area contributed by atoms with Gasteiger partial charge in [-0.1, -0.05) is 30.7 Å². The van der Waals surface area contributed by atoms with E-state index in [0.29, 0.717) is 17.1 Å². The molecule has 38 heavy (non-hydrogen) atoms. The van der Waals surface area contributed by atoms with Gasteiger partial charge in [0.05, 0.1) is 31.1 Å². The third-order valence-electron chi connectivity index (χ3n) is 7.21. The van der Waals surface area contributed by atoms with Crippen LogP contribution in [0.5, 0.6) is 5.75 Å². The number of methoxy groups -OCH3 is 1. The molecule has 1 N–H and O–H groups in total. The number of aromatic nitrogens is 3. The van der Waals surface area contributed by atoms with Crippen molar-refractivity contribution < 1.29 is 9.84 Å². The van der Waals surface area contributed by atoms with E-state index in [1.165, 1.54) is 5.69 Å². The first-order valence-corrected chi connectivity index (χ1v) is 13.2. The van der Waals surface area contributed by atoms with Crippen molar-refractivity contribution in [2.24, 2.45) is 0 Å². The van der Waals surface area contributed by atoms with E-state index in [9.17, 15) is 9.90 Å². The number of rotatable bonds is 8. The van der Waals surface area contributed by atoms with Crippen LogP contribution in [-0.4, -0.2) is 52.5 Å². The van der Waals surface area contributed by atoms with Crippen LogP contribution in [0.4, 0.5) is 11.5 Å². The first kappa shape index (κ1) is 25.9. The Labute approximate surface area is 227 Å². The van der Waals surface area contributed by atoms with Crippen molar-refractivity contribution in [3.8, 4) is 11.4 Å². The molecule has 8 nitrogen and oxygen atoms in total. The molecule has 4 aromatic rings. The van der Waals surface area contributed by atoms with E-state index in [2.05, 4.69) is 26.9 Å². The van der Waals surface area contributed by atoms with Crippen LogP contribution in [0.15, 0.2) is 84.0 Å². The summed E-state index contributed by atoms with van der Waals surface area (Å²) in [5.74, 6) is 1.74. The summed E-state index contributed by atoms with van der Waals surface area (Å²) in [4.78, 5) is 22.6. The van der Waals surface area contributed by atoms with Gasteiger partial charge in [-0.25, -0.2) is 9.78 Å². The second-order valence-corrected chi connectivity index (χ2v) is 9.81. The number of halogens is 1. The molecule has 1 aliphatic rings. The lowest BCUT2D eigenvalue weighted by Crippen LogP contribution is -2.46. The maximum atomic E-state index is 13.3. The average molecular weight is 534 g/mol. The van der Waals surface area contributed by atoms with E-state index in [1.54, 1.807) is 59.1 Å². The van der Waals surface area contributed by atoms with Gasteiger partial charge in [-0.3, -0.25) is 9.13 Å². The zero-order valence-electron chi connectivity index (χ0n) is 21.6. The summed E-state index contributed by atoms with van der Waals surface area (Å²) in [5.41, 5.74) is 2.38. The van der Waals surface area contributed by atoms with Crippen LogP contribution in [-0.2, 0) is 0 Å². The number of pyridine rings is 1. The third kappa shape index (κ3) is 5.28.